The Hall–Kier alpha value is -2.69. The number of carbonyl (C=O) groups excluding carboxylic acids is 2. The maximum atomic E-state index is 12.8. The van der Waals surface area contributed by atoms with Crippen LogP contribution in [0.2, 0.25) is 0 Å². The normalized spacial score (nSPS) is 9.39. The summed E-state index contributed by atoms with van der Waals surface area (Å²) in [6.07, 6.45) is 0. The number of amides is 1. The minimum atomic E-state index is -0.408. The first-order valence-electron chi connectivity index (χ1n) is 7.44. The number of esters is 1. The molecular weight excluding hydrogens is 297 g/mol. The summed E-state index contributed by atoms with van der Waals surface area (Å²) < 4.78 is 17.7. The minimum Gasteiger partial charge on any atom is -0.462 e. The molecule has 0 saturated heterocycles. The van der Waals surface area contributed by atoms with Gasteiger partial charge >= 0.3 is 5.97 Å². The quantitative estimate of drug-likeness (QED) is 0.856. The molecule has 1 amide bonds. The molecule has 2 aromatic carbocycles. The highest BCUT2D eigenvalue weighted by Gasteiger charge is 2.08. The molecule has 0 fully saturated rings. The van der Waals surface area contributed by atoms with Crippen LogP contribution in [0.1, 0.15) is 41.5 Å². The lowest BCUT2D eigenvalue weighted by Crippen LogP contribution is -2.12. The second-order valence-electron chi connectivity index (χ2n) is 4.26. The average Bonchev–Trinajstić information content (AvgIpc) is 2.58. The van der Waals surface area contributed by atoms with Crippen molar-refractivity contribution in [1.82, 2.24) is 0 Å². The number of carbonyl (C=O) groups is 2. The molecule has 0 spiro atoms. The molecule has 0 saturated carbocycles. The molecule has 0 radical (unpaired) electrons. The molecule has 0 aromatic heterocycles. The maximum Gasteiger partial charge on any atom is 0.338 e. The summed E-state index contributed by atoms with van der Waals surface area (Å²) in [5.41, 5.74) is 1.31. The van der Waals surface area contributed by atoms with E-state index in [9.17, 15) is 14.0 Å². The number of anilines is 1. The SMILES string of the molecule is CC.CCOC(=O)c1ccc(NC(=O)c2ccc(F)cc2)cc1. The van der Waals surface area contributed by atoms with Crippen molar-refractivity contribution in [2.24, 2.45) is 0 Å². The third kappa shape index (κ3) is 5.54. The Kier molecular flexibility index (Phi) is 7.47. The van der Waals surface area contributed by atoms with Gasteiger partial charge < -0.3 is 10.1 Å². The maximum absolute atomic E-state index is 12.8. The van der Waals surface area contributed by atoms with Crippen LogP contribution in [0.3, 0.4) is 0 Å². The molecule has 0 heterocycles. The number of halogens is 1. The topological polar surface area (TPSA) is 55.4 Å². The van der Waals surface area contributed by atoms with Crippen molar-refractivity contribution in [2.45, 2.75) is 20.8 Å². The van der Waals surface area contributed by atoms with Crippen LogP contribution < -0.4 is 5.32 Å². The van der Waals surface area contributed by atoms with Crippen molar-refractivity contribution in [3.63, 3.8) is 0 Å². The van der Waals surface area contributed by atoms with Crippen LogP contribution in [0, 0.1) is 5.82 Å². The average molecular weight is 317 g/mol. The zero-order valence-electron chi connectivity index (χ0n) is 13.4. The van der Waals surface area contributed by atoms with E-state index in [1.54, 1.807) is 31.2 Å². The fourth-order valence-corrected chi connectivity index (χ4v) is 1.71. The van der Waals surface area contributed by atoms with Gasteiger partial charge in [-0.05, 0) is 55.5 Å². The van der Waals surface area contributed by atoms with E-state index in [1.807, 2.05) is 13.8 Å². The van der Waals surface area contributed by atoms with E-state index in [2.05, 4.69) is 5.32 Å². The Bertz CT molecular complexity index is 636. The number of nitrogens with one attached hydrogen (secondary N) is 1. The molecule has 0 bridgehead atoms. The van der Waals surface area contributed by atoms with Crippen LogP contribution in [-0.4, -0.2) is 18.5 Å². The third-order valence-corrected chi connectivity index (χ3v) is 2.76. The van der Waals surface area contributed by atoms with E-state index in [-0.39, 0.29) is 5.91 Å². The molecule has 0 aliphatic carbocycles. The van der Waals surface area contributed by atoms with Crippen LogP contribution in [0.5, 0.6) is 0 Å². The lowest BCUT2D eigenvalue weighted by Gasteiger charge is -2.06. The van der Waals surface area contributed by atoms with Gasteiger partial charge in [0.15, 0.2) is 0 Å². The Morgan fingerprint density at radius 3 is 2.00 bits per heavy atom. The van der Waals surface area contributed by atoms with Crippen molar-refractivity contribution in [3.8, 4) is 0 Å². The first-order valence-corrected chi connectivity index (χ1v) is 7.44. The van der Waals surface area contributed by atoms with Crippen molar-refractivity contribution in [3.05, 3.63) is 65.5 Å². The van der Waals surface area contributed by atoms with Crippen LogP contribution in [0.25, 0.3) is 0 Å². The van der Waals surface area contributed by atoms with Crippen molar-refractivity contribution in [2.75, 3.05) is 11.9 Å². The number of ether oxygens (including phenoxy) is 1. The monoisotopic (exact) mass is 317 g/mol. The highest BCUT2D eigenvalue weighted by atomic mass is 19.1. The molecule has 0 unspecified atom stereocenters. The molecule has 4 nitrogen and oxygen atoms in total. The standard InChI is InChI=1S/C16H14FNO3.C2H6/c1-2-21-16(20)12-5-9-14(10-6-12)18-15(19)11-3-7-13(17)8-4-11;1-2/h3-10H,2H2,1H3,(H,18,19);1-2H3. The van der Waals surface area contributed by atoms with Crippen LogP contribution in [-0.2, 0) is 4.74 Å². The Morgan fingerprint density at radius 1 is 0.957 bits per heavy atom. The lowest BCUT2D eigenvalue weighted by atomic mass is 10.2. The summed E-state index contributed by atoms with van der Waals surface area (Å²) >= 11 is 0. The Balaban J connectivity index is 0.00000127. The van der Waals surface area contributed by atoms with Gasteiger partial charge in [-0.1, -0.05) is 13.8 Å². The van der Waals surface area contributed by atoms with Gasteiger partial charge in [0.2, 0.25) is 0 Å². The summed E-state index contributed by atoms with van der Waals surface area (Å²) in [7, 11) is 0. The summed E-state index contributed by atoms with van der Waals surface area (Å²) in [5, 5.41) is 2.66. The number of benzene rings is 2. The number of rotatable bonds is 4. The molecule has 0 aliphatic rings. The molecule has 122 valence electrons. The van der Waals surface area contributed by atoms with E-state index in [1.165, 1.54) is 24.3 Å². The first-order chi connectivity index (χ1) is 11.1. The molecule has 2 rings (SSSR count). The fraction of sp³-hybridized carbons (Fsp3) is 0.222. The van der Waals surface area contributed by atoms with E-state index >= 15 is 0 Å². The van der Waals surface area contributed by atoms with Crippen LogP contribution in [0.4, 0.5) is 10.1 Å². The molecule has 23 heavy (non-hydrogen) atoms. The van der Waals surface area contributed by atoms with Crippen LogP contribution in [0.15, 0.2) is 48.5 Å². The van der Waals surface area contributed by atoms with Crippen molar-refractivity contribution < 1.29 is 18.7 Å². The van der Waals surface area contributed by atoms with Gasteiger partial charge in [0.1, 0.15) is 5.82 Å². The van der Waals surface area contributed by atoms with Gasteiger partial charge in [0.25, 0.3) is 5.91 Å². The largest absolute Gasteiger partial charge is 0.462 e. The first kappa shape index (κ1) is 18.4. The molecule has 0 aliphatic heterocycles. The Morgan fingerprint density at radius 2 is 1.48 bits per heavy atom. The smallest absolute Gasteiger partial charge is 0.338 e. The molecule has 5 heteroatoms. The van der Waals surface area contributed by atoms with E-state index in [0.29, 0.717) is 23.4 Å². The second kappa shape index (κ2) is 9.35. The fourth-order valence-electron chi connectivity index (χ4n) is 1.71. The van der Waals surface area contributed by atoms with Gasteiger partial charge in [0, 0.05) is 11.3 Å². The molecule has 2 aromatic rings. The predicted molar refractivity (Wildman–Crippen MR) is 88.1 cm³/mol. The van der Waals surface area contributed by atoms with Gasteiger partial charge in [-0.3, -0.25) is 4.79 Å². The van der Waals surface area contributed by atoms with E-state index in [0.717, 1.165) is 0 Å². The highest BCUT2D eigenvalue weighted by Crippen LogP contribution is 2.12. The Labute approximate surface area is 135 Å². The molecule has 0 atom stereocenters. The van der Waals surface area contributed by atoms with Gasteiger partial charge in [0.05, 0.1) is 12.2 Å². The highest BCUT2D eigenvalue weighted by molar-refractivity contribution is 6.04. The molecule has 1 N–H and O–H groups in total. The summed E-state index contributed by atoms with van der Waals surface area (Å²) in [4.78, 5) is 23.4. The van der Waals surface area contributed by atoms with Gasteiger partial charge in [-0.2, -0.15) is 0 Å². The van der Waals surface area contributed by atoms with Gasteiger partial charge in [-0.25, -0.2) is 9.18 Å². The summed E-state index contributed by atoms with van der Waals surface area (Å²) in [6, 6.07) is 11.6. The zero-order chi connectivity index (χ0) is 17.2. The summed E-state index contributed by atoms with van der Waals surface area (Å²) in [6.45, 7) is 6.04. The second-order valence-corrected chi connectivity index (χ2v) is 4.26. The summed E-state index contributed by atoms with van der Waals surface area (Å²) in [5.74, 6) is -1.15. The molecular formula is C18H20FNO3. The minimum absolute atomic E-state index is 0.307. The predicted octanol–water partition coefficient (Wildman–Crippen LogP) is 4.28. The lowest BCUT2D eigenvalue weighted by molar-refractivity contribution is 0.0526. The third-order valence-electron chi connectivity index (χ3n) is 2.76. The van der Waals surface area contributed by atoms with Crippen LogP contribution >= 0.6 is 0 Å². The van der Waals surface area contributed by atoms with Gasteiger partial charge in [-0.15, -0.1) is 0 Å². The zero-order valence-corrected chi connectivity index (χ0v) is 13.4. The number of hydrogen-bond donors (Lipinski definition) is 1. The van der Waals surface area contributed by atoms with E-state index < -0.39 is 11.8 Å². The number of hydrogen-bond acceptors (Lipinski definition) is 3. The van der Waals surface area contributed by atoms with Crippen molar-refractivity contribution in [1.29, 1.82) is 0 Å². The van der Waals surface area contributed by atoms with E-state index in [4.69, 9.17) is 4.74 Å². The van der Waals surface area contributed by atoms with Crippen molar-refractivity contribution >= 4 is 17.6 Å².